The van der Waals surface area contributed by atoms with Gasteiger partial charge in [-0.15, -0.1) is 0 Å². The van der Waals surface area contributed by atoms with E-state index in [0.717, 1.165) is 84.9 Å². The summed E-state index contributed by atoms with van der Waals surface area (Å²) in [7, 11) is 0. The number of anilines is 6. The van der Waals surface area contributed by atoms with Gasteiger partial charge in [0, 0.05) is 34.1 Å². The van der Waals surface area contributed by atoms with Crippen molar-refractivity contribution >= 4 is 57.2 Å². The summed E-state index contributed by atoms with van der Waals surface area (Å²) < 4.78 is 166. The van der Waals surface area contributed by atoms with E-state index >= 15 is 0 Å². The zero-order valence-electron chi connectivity index (χ0n) is 25.2. The number of aryl methyl sites for hydroxylation is 1. The lowest BCUT2D eigenvalue weighted by molar-refractivity contribution is -0.138. The minimum absolute atomic E-state index is 0.0787. The normalized spacial score (nSPS) is 14.4. The van der Waals surface area contributed by atoms with Gasteiger partial charge in [-0.2, -0.15) is 52.7 Å². The van der Waals surface area contributed by atoms with Crippen molar-refractivity contribution in [2.75, 3.05) is 9.80 Å². The number of benzene rings is 5. The third-order valence-electron chi connectivity index (χ3n) is 8.77. The number of fused-ring (bicyclic) bond motifs is 4. The first-order valence-corrected chi connectivity index (χ1v) is 14.7. The second kappa shape index (κ2) is 11.0. The molecule has 15 heteroatoms. The summed E-state index contributed by atoms with van der Waals surface area (Å²) in [6.45, 7) is 0.401. The molecule has 2 heterocycles. The first kappa shape index (κ1) is 33.4. The van der Waals surface area contributed by atoms with Crippen molar-refractivity contribution in [3.63, 3.8) is 0 Å². The number of nitrogens with zero attached hydrogens (tertiary/aromatic N) is 2. The Morgan fingerprint density at radius 3 is 1.04 bits per heavy atom. The van der Waals surface area contributed by atoms with E-state index in [2.05, 4.69) is 0 Å². The van der Waals surface area contributed by atoms with Gasteiger partial charge in [0.2, 0.25) is 0 Å². The van der Waals surface area contributed by atoms with Crippen molar-refractivity contribution in [2.24, 2.45) is 0 Å². The third-order valence-corrected chi connectivity index (χ3v) is 8.77. The second-order valence-electron chi connectivity index (χ2n) is 12.0. The molecule has 0 amide bonds. The quantitative estimate of drug-likeness (QED) is 0.131. The van der Waals surface area contributed by atoms with Gasteiger partial charge in [-0.3, -0.25) is 0 Å². The van der Waals surface area contributed by atoms with Crippen LogP contribution in [0.25, 0.3) is 0 Å². The first-order valence-electron chi connectivity index (χ1n) is 14.7. The van der Waals surface area contributed by atoms with Crippen LogP contribution in [0, 0.1) is 6.92 Å². The molecule has 256 valence electrons. The standard InChI is InChI=1S/C35H19BF12N2/c1-18-14-29-31-30(15-18)50(24-10-4-20(5-11-24)33(40,41)42)28-13-7-22(35(46,47)48)17-26(28)36(31)25-16-21(34(43,44)45)6-12-27(25)49(29)23-8-2-19(3-9-23)32(37,38)39/h2-17H,1H3. The summed E-state index contributed by atoms with van der Waals surface area (Å²) in [6, 6.07) is 16.3. The molecule has 0 saturated carbocycles. The van der Waals surface area contributed by atoms with Crippen LogP contribution in [0.2, 0.25) is 0 Å². The van der Waals surface area contributed by atoms with E-state index in [9.17, 15) is 52.7 Å². The van der Waals surface area contributed by atoms with Crippen LogP contribution in [0.4, 0.5) is 86.8 Å². The highest BCUT2D eigenvalue weighted by Gasteiger charge is 2.46. The molecule has 0 aromatic heterocycles. The summed E-state index contributed by atoms with van der Waals surface area (Å²) in [5, 5.41) is 0. The molecule has 0 radical (unpaired) electrons. The Balaban J connectivity index is 1.57. The van der Waals surface area contributed by atoms with E-state index in [1.807, 2.05) is 0 Å². The molecule has 0 saturated heterocycles. The van der Waals surface area contributed by atoms with Crippen LogP contribution in [0.3, 0.4) is 0 Å². The molecule has 0 atom stereocenters. The van der Waals surface area contributed by atoms with Crippen LogP contribution in [0.5, 0.6) is 0 Å². The maximum atomic E-state index is 14.2. The molecule has 2 aliphatic heterocycles. The summed E-state index contributed by atoms with van der Waals surface area (Å²) in [5.74, 6) is 0. The monoisotopic (exact) mass is 706 g/mol. The molecule has 0 spiro atoms. The highest BCUT2D eigenvalue weighted by Crippen LogP contribution is 2.46. The second-order valence-corrected chi connectivity index (χ2v) is 12.0. The van der Waals surface area contributed by atoms with E-state index in [4.69, 9.17) is 0 Å². The Morgan fingerprint density at radius 1 is 0.400 bits per heavy atom. The van der Waals surface area contributed by atoms with Crippen molar-refractivity contribution in [1.82, 2.24) is 0 Å². The van der Waals surface area contributed by atoms with Crippen molar-refractivity contribution in [1.29, 1.82) is 0 Å². The average molecular weight is 706 g/mol. The Labute approximate surface area is 276 Å². The van der Waals surface area contributed by atoms with Gasteiger partial charge in [-0.1, -0.05) is 12.1 Å². The van der Waals surface area contributed by atoms with Crippen molar-refractivity contribution < 1.29 is 52.7 Å². The third kappa shape index (κ3) is 5.52. The first-order chi connectivity index (χ1) is 23.2. The topological polar surface area (TPSA) is 6.48 Å². The number of hydrogen-bond acceptors (Lipinski definition) is 2. The van der Waals surface area contributed by atoms with E-state index in [-0.39, 0.29) is 50.5 Å². The molecule has 5 aromatic carbocycles. The lowest BCUT2D eigenvalue weighted by Crippen LogP contribution is -2.61. The largest absolute Gasteiger partial charge is 0.416 e. The Kier molecular flexibility index (Phi) is 7.33. The van der Waals surface area contributed by atoms with Crippen LogP contribution in [0.1, 0.15) is 27.8 Å². The number of rotatable bonds is 2. The van der Waals surface area contributed by atoms with Crippen LogP contribution in [0.15, 0.2) is 97.1 Å². The molecular weight excluding hydrogens is 687 g/mol. The molecule has 2 aliphatic rings. The van der Waals surface area contributed by atoms with Gasteiger partial charge >= 0.3 is 24.7 Å². The minimum Gasteiger partial charge on any atom is -0.311 e. The van der Waals surface area contributed by atoms with E-state index in [0.29, 0.717) is 5.56 Å². The fourth-order valence-electron chi connectivity index (χ4n) is 6.65. The molecule has 50 heavy (non-hydrogen) atoms. The molecule has 0 N–H and O–H groups in total. The Hall–Kier alpha value is -5.08. The molecule has 7 rings (SSSR count). The number of alkyl halides is 12. The van der Waals surface area contributed by atoms with Crippen molar-refractivity contribution in [2.45, 2.75) is 31.6 Å². The SMILES string of the molecule is Cc1cc2c3c(c1)N(c1ccc(C(F)(F)F)cc1)c1ccc(C(F)(F)F)cc1B3c1cc(C(F)(F)F)ccc1N2c1ccc(C(F)(F)F)cc1. The van der Waals surface area contributed by atoms with Gasteiger partial charge in [0.15, 0.2) is 0 Å². The lowest BCUT2D eigenvalue weighted by atomic mass is 9.33. The summed E-state index contributed by atoms with van der Waals surface area (Å²) >= 11 is 0. The molecule has 2 nitrogen and oxygen atoms in total. The number of halogens is 12. The van der Waals surface area contributed by atoms with Crippen LogP contribution >= 0.6 is 0 Å². The Morgan fingerprint density at radius 2 is 0.720 bits per heavy atom. The molecule has 0 fully saturated rings. The van der Waals surface area contributed by atoms with Crippen LogP contribution < -0.4 is 26.2 Å². The minimum atomic E-state index is -4.87. The van der Waals surface area contributed by atoms with Gasteiger partial charge in [-0.05, 0) is 114 Å². The predicted octanol–water partition coefficient (Wildman–Crippen LogP) is 10.2. The van der Waals surface area contributed by atoms with Gasteiger partial charge in [0.25, 0.3) is 6.71 Å². The zero-order chi connectivity index (χ0) is 36.1. The predicted molar refractivity (Wildman–Crippen MR) is 165 cm³/mol. The van der Waals surface area contributed by atoms with Gasteiger partial charge < -0.3 is 9.80 Å². The molecular formula is C35H19BF12N2. The van der Waals surface area contributed by atoms with Crippen molar-refractivity contribution in [3.05, 3.63) is 125 Å². The molecule has 0 bridgehead atoms. The maximum absolute atomic E-state index is 14.2. The molecule has 0 aliphatic carbocycles. The highest BCUT2D eigenvalue weighted by molar-refractivity contribution is 7.00. The summed E-state index contributed by atoms with van der Waals surface area (Å²) in [5.41, 5.74) is -2.73. The van der Waals surface area contributed by atoms with Gasteiger partial charge in [0.05, 0.1) is 22.3 Å². The molecule has 5 aromatic rings. The highest BCUT2D eigenvalue weighted by atomic mass is 19.4. The van der Waals surface area contributed by atoms with Crippen LogP contribution in [-0.4, -0.2) is 6.71 Å². The summed E-state index contributed by atoms with van der Waals surface area (Å²) in [6.07, 6.45) is -19.1. The van der Waals surface area contributed by atoms with Gasteiger partial charge in [0.1, 0.15) is 0 Å². The summed E-state index contributed by atoms with van der Waals surface area (Å²) in [4.78, 5) is 2.86. The van der Waals surface area contributed by atoms with E-state index < -0.39 is 53.7 Å². The van der Waals surface area contributed by atoms with Crippen LogP contribution in [-0.2, 0) is 24.7 Å². The average Bonchev–Trinajstić information content (AvgIpc) is 3.02. The smallest absolute Gasteiger partial charge is 0.311 e. The Bertz CT molecular complexity index is 1980. The van der Waals surface area contributed by atoms with E-state index in [1.54, 1.807) is 19.1 Å². The van der Waals surface area contributed by atoms with Gasteiger partial charge in [-0.25, -0.2) is 0 Å². The lowest BCUT2D eigenvalue weighted by Gasteiger charge is -2.44. The fourth-order valence-corrected chi connectivity index (χ4v) is 6.65. The van der Waals surface area contributed by atoms with E-state index in [1.165, 1.54) is 9.80 Å². The number of hydrogen-bond donors (Lipinski definition) is 0. The maximum Gasteiger partial charge on any atom is 0.416 e. The molecule has 0 unspecified atom stereocenters. The fraction of sp³-hybridized carbons (Fsp3) is 0.143. The zero-order valence-corrected chi connectivity index (χ0v) is 25.2. The van der Waals surface area contributed by atoms with Crippen molar-refractivity contribution in [3.8, 4) is 0 Å².